The first-order valence-electron chi connectivity index (χ1n) is 9.71. The smallest absolute Gasteiger partial charge is 0.352 e. The number of hydrogen-bond donors (Lipinski definition) is 3. The number of amides is 2. The van der Waals surface area contributed by atoms with Crippen molar-refractivity contribution in [2.24, 2.45) is 0 Å². The van der Waals surface area contributed by atoms with Crippen LogP contribution in [0.5, 0.6) is 0 Å². The highest BCUT2D eigenvalue weighted by Gasteiger charge is 2.54. The average Bonchev–Trinajstić information content (AvgIpc) is 3.43. The van der Waals surface area contributed by atoms with Gasteiger partial charge in [0.05, 0.1) is 5.69 Å². The number of rotatable bonds is 9. The molecule has 1 saturated heterocycles. The Balaban J connectivity index is 1.50. The number of β-lactam (4-membered cyclic amide) rings is 1. The van der Waals surface area contributed by atoms with E-state index in [9.17, 15) is 34.2 Å². The fraction of sp³-hybridized carbons (Fsp3) is 0.316. The predicted octanol–water partition coefficient (Wildman–Crippen LogP) is 0.617. The number of fused-ring (bicyclic) bond motifs is 1. The summed E-state index contributed by atoms with van der Waals surface area (Å²) in [4.78, 5) is 61.6. The molecule has 0 saturated carbocycles. The first-order valence-corrected chi connectivity index (χ1v) is 12.6. The van der Waals surface area contributed by atoms with Gasteiger partial charge in [0, 0.05) is 17.7 Å². The minimum absolute atomic E-state index is 0.0139. The van der Waals surface area contributed by atoms with E-state index < -0.39 is 41.2 Å². The number of aliphatic carboxylic acids is 2. The van der Waals surface area contributed by atoms with Crippen molar-refractivity contribution in [3.05, 3.63) is 40.3 Å². The number of aromatic nitrogens is 3. The Morgan fingerprint density at radius 1 is 1.35 bits per heavy atom. The first kappa shape index (κ1) is 24.0. The largest absolute Gasteiger partial charge is 0.479 e. The van der Waals surface area contributed by atoms with Crippen LogP contribution in [0, 0.1) is 6.92 Å². The molecule has 2 aliphatic heterocycles. The molecule has 4 heterocycles. The van der Waals surface area contributed by atoms with Crippen molar-refractivity contribution < 1.29 is 34.2 Å². The number of carbonyl (C=O) groups is 5. The molecule has 34 heavy (non-hydrogen) atoms. The number of nitrogens with zero attached hydrogens (tertiary/aromatic N) is 4. The van der Waals surface area contributed by atoms with Crippen molar-refractivity contribution in [2.45, 2.75) is 28.7 Å². The first-order chi connectivity index (χ1) is 16.2. The molecular formula is C19H17N5O7S3. The minimum atomic E-state index is -1.76. The van der Waals surface area contributed by atoms with E-state index in [1.165, 1.54) is 53.2 Å². The lowest BCUT2D eigenvalue weighted by Gasteiger charge is -2.49. The van der Waals surface area contributed by atoms with Crippen LogP contribution in [0.1, 0.15) is 21.5 Å². The Morgan fingerprint density at radius 3 is 2.74 bits per heavy atom. The van der Waals surface area contributed by atoms with E-state index in [-0.39, 0.29) is 11.4 Å². The van der Waals surface area contributed by atoms with Gasteiger partial charge in [0.2, 0.25) is 6.04 Å². The fourth-order valence-electron chi connectivity index (χ4n) is 3.61. The molecule has 15 heteroatoms. The van der Waals surface area contributed by atoms with E-state index in [1.807, 2.05) is 6.92 Å². The van der Waals surface area contributed by atoms with Gasteiger partial charge in [-0.05, 0) is 24.6 Å². The normalized spacial score (nSPS) is 20.4. The second-order valence-electron chi connectivity index (χ2n) is 7.23. The van der Waals surface area contributed by atoms with Crippen molar-refractivity contribution in [1.82, 2.24) is 25.0 Å². The molecule has 0 aromatic carbocycles. The van der Waals surface area contributed by atoms with Crippen molar-refractivity contribution in [3.63, 3.8) is 0 Å². The Labute approximate surface area is 204 Å². The molecule has 4 rings (SSSR count). The molecule has 2 aliphatic rings. The monoisotopic (exact) mass is 523 g/mol. The highest BCUT2D eigenvalue weighted by Crippen LogP contribution is 2.42. The zero-order valence-electron chi connectivity index (χ0n) is 17.4. The predicted molar refractivity (Wildman–Crippen MR) is 122 cm³/mol. The maximum Gasteiger partial charge on any atom is 0.352 e. The van der Waals surface area contributed by atoms with Crippen LogP contribution < -0.4 is 5.32 Å². The van der Waals surface area contributed by atoms with Gasteiger partial charge in [0.15, 0.2) is 10.6 Å². The van der Waals surface area contributed by atoms with E-state index in [1.54, 1.807) is 0 Å². The molecule has 3 N–H and O–H groups in total. The van der Waals surface area contributed by atoms with Gasteiger partial charge in [-0.15, -0.1) is 22.0 Å². The second kappa shape index (κ2) is 9.60. The fourth-order valence-corrected chi connectivity index (χ4v) is 6.91. The topological polar surface area (TPSA) is 172 Å². The molecule has 0 aliphatic carbocycles. The third-order valence-electron chi connectivity index (χ3n) is 5.12. The third kappa shape index (κ3) is 4.33. The highest BCUT2D eigenvalue weighted by molar-refractivity contribution is 8.01. The Hall–Kier alpha value is -3.17. The number of aldehydes is 1. The van der Waals surface area contributed by atoms with Crippen LogP contribution in [0.2, 0.25) is 0 Å². The summed E-state index contributed by atoms with van der Waals surface area (Å²) in [5.41, 5.74) is 0.382. The van der Waals surface area contributed by atoms with Crippen LogP contribution in [-0.2, 0) is 19.2 Å². The van der Waals surface area contributed by atoms with Gasteiger partial charge >= 0.3 is 11.9 Å². The molecule has 12 nitrogen and oxygen atoms in total. The summed E-state index contributed by atoms with van der Waals surface area (Å²) in [5.74, 6) is -3.79. The van der Waals surface area contributed by atoms with Crippen LogP contribution in [-0.4, -0.2) is 82.8 Å². The second-order valence-corrected chi connectivity index (χ2v) is 10.7. The molecule has 2 amide bonds. The molecule has 1 fully saturated rings. The Kier molecular flexibility index (Phi) is 6.77. The van der Waals surface area contributed by atoms with Crippen LogP contribution in [0.3, 0.4) is 0 Å². The molecule has 3 unspecified atom stereocenters. The number of nitrogens with one attached hydrogen (secondary N) is 1. The molecule has 0 bridgehead atoms. The van der Waals surface area contributed by atoms with Gasteiger partial charge in [-0.3, -0.25) is 19.3 Å². The summed E-state index contributed by atoms with van der Waals surface area (Å²) in [6.07, 6.45) is 1.70. The quantitative estimate of drug-likeness (QED) is 0.182. The van der Waals surface area contributed by atoms with Gasteiger partial charge in [-0.1, -0.05) is 23.1 Å². The summed E-state index contributed by atoms with van der Waals surface area (Å²) in [6, 6.07) is -0.0747. The number of carboxylic acids is 2. The van der Waals surface area contributed by atoms with Gasteiger partial charge in [-0.2, -0.15) is 0 Å². The van der Waals surface area contributed by atoms with Crippen LogP contribution in [0.4, 0.5) is 0 Å². The number of hydrogen-bond acceptors (Lipinski definition) is 10. The molecule has 178 valence electrons. The highest BCUT2D eigenvalue weighted by atomic mass is 32.2. The van der Waals surface area contributed by atoms with E-state index in [0.717, 1.165) is 14.5 Å². The lowest BCUT2D eigenvalue weighted by molar-refractivity contribution is -0.153. The van der Waals surface area contributed by atoms with Gasteiger partial charge in [0.1, 0.15) is 22.1 Å². The molecule has 0 radical (unpaired) electrons. The summed E-state index contributed by atoms with van der Waals surface area (Å²) in [5, 5.41) is 29.7. The molecular weight excluding hydrogens is 506 g/mol. The van der Waals surface area contributed by atoms with Crippen LogP contribution in [0.15, 0.2) is 33.9 Å². The summed E-state index contributed by atoms with van der Waals surface area (Å²) < 4.78 is 1.67. The lowest BCUT2D eigenvalue weighted by Crippen LogP contribution is -2.71. The standard InChI is InChI=1S/C19H17N5O7S3/c1-8-21-22-19(34-8)33-7-9-6-32-16-11(15(27)24(16)12(9)17(28)29)20-14(26)13(18(30)31)23-4-2-3-10(23)5-25/h2-5,11,13,16H,6-7H2,1H3,(H,20,26)(H,28,29)(H,30,31). The summed E-state index contributed by atoms with van der Waals surface area (Å²) in [7, 11) is 0. The Morgan fingerprint density at radius 2 is 2.12 bits per heavy atom. The molecule has 3 atom stereocenters. The maximum absolute atomic E-state index is 12.8. The van der Waals surface area contributed by atoms with E-state index in [4.69, 9.17) is 0 Å². The van der Waals surface area contributed by atoms with Gasteiger partial charge < -0.3 is 20.1 Å². The van der Waals surface area contributed by atoms with Crippen molar-refractivity contribution >= 4 is 64.9 Å². The van der Waals surface area contributed by atoms with Gasteiger partial charge in [-0.25, -0.2) is 9.59 Å². The maximum atomic E-state index is 12.8. The summed E-state index contributed by atoms with van der Waals surface area (Å²) >= 11 is 3.98. The van der Waals surface area contributed by atoms with Crippen LogP contribution >= 0.6 is 34.9 Å². The molecule has 2 aromatic heterocycles. The van der Waals surface area contributed by atoms with Crippen molar-refractivity contribution in [3.8, 4) is 0 Å². The third-order valence-corrected chi connectivity index (χ3v) is 8.52. The lowest BCUT2D eigenvalue weighted by atomic mass is 10.0. The molecule has 0 spiro atoms. The Bertz CT molecular complexity index is 1220. The zero-order chi connectivity index (χ0) is 24.6. The minimum Gasteiger partial charge on any atom is -0.479 e. The van der Waals surface area contributed by atoms with E-state index >= 15 is 0 Å². The van der Waals surface area contributed by atoms with E-state index in [2.05, 4.69) is 15.5 Å². The number of carboxylic acid groups (broad SMARTS) is 2. The SMILES string of the molecule is Cc1nnc(SCC2=C(C(=O)O)N3C(=O)C(NC(=O)C(C(=O)O)n4cccc4C=O)C3SC2)s1. The van der Waals surface area contributed by atoms with E-state index in [0.29, 0.717) is 27.7 Å². The van der Waals surface area contributed by atoms with Crippen molar-refractivity contribution in [1.29, 1.82) is 0 Å². The number of carbonyl (C=O) groups excluding carboxylic acids is 3. The summed E-state index contributed by atoms with van der Waals surface area (Å²) in [6.45, 7) is 1.81. The molecule has 2 aromatic rings. The van der Waals surface area contributed by atoms with Gasteiger partial charge in [0.25, 0.3) is 11.8 Å². The number of thioether (sulfide) groups is 2. The number of aryl methyl sites for hydroxylation is 1. The van der Waals surface area contributed by atoms with Crippen molar-refractivity contribution in [2.75, 3.05) is 11.5 Å². The van der Waals surface area contributed by atoms with Crippen LogP contribution in [0.25, 0.3) is 0 Å². The zero-order valence-corrected chi connectivity index (χ0v) is 19.9. The average molecular weight is 524 g/mol.